The molecule has 4 heteroatoms. The van der Waals surface area contributed by atoms with Gasteiger partial charge in [-0.15, -0.1) is 0 Å². The number of amides is 1. The predicted molar refractivity (Wildman–Crippen MR) is 84.2 cm³/mol. The Morgan fingerprint density at radius 3 is 2.18 bits per heavy atom. The van der Waals surface area contributed by atoms with Crippen LogP contribution >= 0.6 is 0 Å². The van der Waals surface area contributed by atoms with E-state index < -0.39 is 0 Å². The van der Waals surface area contributed by atoms with Crippen molar-refractivity contribution >= 4 is 5.91 Å². The smallest absolute Gasteiger partial charge is 0.259 e. The lowest BCUT2D eigenvalue weighted by atomic mass is 10.1. The van der Waals surface area contributed by atoms with Crippen molar-refractivity contribution in [1.29, 1.82) is 0 Å². The summed E-state index contributed by atoms with van der Waals surface area (Å²) in [7, 11) is 1.59. The second-order valence-electron chi connectivity index (χ2n) is 5.51. The minimum atomic E-state index is -0.313. The second-order valence-corrected chi connectivity index (χ2v) is 5.51. The highest BCUT2D eigenvalue weighted by Gasteiger charge is 2.14. The Bertz CT molecular complexity index is 657. The maximum atomic E-state index is 12.9. The van der Waals surface area contributed by atoms with E-state index in [-0.39, 0.29) is 18.1 Å². The van der Waals surface area contributed by atoms with Gasteiger partial charge in [-0.25, -0.2) is 4.39 Å². The SMILES string of the molecule is Cc1cc(C)c(ON(C)C(=O)Cc2ccc(F)cc2)c(C)c1. The van der Waals surface area contributed by atoms with Crippen LogP contribution in [0.4, 0.5) is 4.39 Å². The number of rotatable bonds is 4. The average Bonchev–Trinajstić information content (AvgIpc) is 2.45. The quantitative estimate of drug-likeness (QED) is 0.805. The van der Waals surface area contributed by atoms with E-state index in [2.05, 4.69) is 0 Å². The summed E-state index contributed by atoms with van der Waals surface area (Å²) in [6, 6.07) is 9.92. The zero-order valence-corrected chi connectivity index (χ0v) is 13.3. The lowest BCUT2D eigenvalue weighted by molar-refractivity contribution is -0.151. The maximum absolute atomic E-state index is 12.9. The molecule has 1 amide bonds. The molecule has 0 radical (unpaired) electrons. The number of hydrogen-bond acceptors (Lipinski definition) is 2. The molecule has 0 fully saturated rings. The van der Waals surface area contributed by atoms with E-state index in [1.807, 2.05) is 32.9 Å². The van der Waals surface area contributed by atoms with E-state index in [4.69, 9.17) is 4.84 Å². The van der Waals surface area contributed by atoms with E-state index in [1.165, 1.54) is 17.2 Å². The Morgan fingerprint density at radius 2 is 1.64 bits per heavy atom. The zero-order valence-electron chi connectivity index (χ0n) is 13.3. The van der Waals surface area contributed by atoms with Gasteiger partial charge in [0.05, 0.1) is 6.42 Å². The highest BCUT2D eigenvalue weighted by Crippen LogP contribution is 2.25. The molecular formula is C18H20FNO2. The third kappa shape index (κ3) is 3.85. The summed E-state index contributed by atoms with van der Waals surface area (Å²) in [5.74, 6) is 0.193. The zero-order chi connectivity index (χ0) is 16.3. The van der Waals surface area contributed by atoms with Gasteiger partial charge >= 0.3 is 0 Å². The van der Waals surface area contributed by atoms with Crippen LogP contribution < -0.4 is 4.84 Å². The number of halogens is 1. The molecule has 2 aromatic carbocycles. The Balaban J connectivity index is 2.07. The molecule has 0 aliphatic rings. The van der Waals surface area contributed by atoms with E-state index >= 15 is 0 Å². The van der Waals surface area contributed by atoms with Crippen LogP contribution in [0.15, 0.2) is 36.4 Å². The van der Waals surface area contributed by atoms with Gasteiger partial charge in [0.1, 0.15) is 5.82 Å². The van der Waals surface area contributed by atoms with Crippen LogP contribution in [0, 0.1) is 26.6 Å². The van der Waals surface area contributed by atoms with Crippen LogP contribution in [0.1, 0.15) is 22.3 Å². The first-order valence-electron chi connectivity index (χ1n) is 7.13. The minimum absolute atomic E-state index is 0.167. The van der Waals surface area contributed by atoms with Crippen molar-refractivity contribution in [2.24, 2.45) is 0 Å². The highest BCUT2D eigenvalue weighted by molar-refractivity contribution is 5.77. The van der Waals surface area contributed by atoms with Crippen LogP contribution in [-0.4, -0.2) is 18.0 Å². The molecule has 116 valence electrons. The van der Waals surface area contributed by atoms with Crippen LogP contribution in [0.25, 0.3) is 0 Å². The molecule has 0 saturated carbocycles. The Morgan fingerprint density at radius 1 is 1.09 bits per heavy atom. The summed E-state index contributed by atoms with van der Waals surface area (Å²) in [4.78, 5) is 17.9. The summed E-state index contributed by atoms with van der Waals surface area (Å²) in [6.07, 6.45) is 0.167. The third-order valence-electron chi connectivity index (χ3n) is 3.45. The van der Waals surface area contributed by atoms with Crippen molar-refractivity contribution in [1.82, 2.24) is 5.06 Å². The lowest BCUT2D eigenvalue weighted by Crippen LogP contribution is -2.32. The molecule has 0 heterocycles. The molecule has 0 aromatic heterocycles. The monoisotopic (exact) mass is 301 g/mol. The fraction of sp³-hybridized carbons (Fsp3) is 0.278. The topological polar surface area (TPSA) is 29.5 Å². The number of carbonyl (C=O) groups is 1. The van der Waals surface area contributed by atoms with Crippen molar-refractivity contribution in [2.75, 3.05) is 7.05 Å². The van der Waals surface area contributed by atoms with Crippen molar-refractivity contribution < 1.29 is 14.0 Å². The number of hydrogen-bond donors (Lipinski definition) is 0. The minimum Gasteiger partial charge on any atom is -0.377 e. The van der Waals surface area contributed by atoms with Crippen molar-refractivity contribution in [3.05, 3.63) is 64.5 Å². The average molecular weight is 301 g/mol. The molecule has 0 bridgehead atoms. The fourth-order valence-electron chi connectivity index (χ4n) is 2.39. The molecule has 2 aromatic rings. The summed E-state index contributed by atoms with van der Waals surface area (Å²) < 4.78 is 12.9. The number of hydroxylamine groups is 2. The molecule has 2 rings (SSSR count). The number of nitrogens with zero attached hydrogens (tertiary/aromatic N) is 1. The first-order chi connectivity index (χ1) is 10.4. The summed E-state index contributed by atoms with van der Waals surface area (Å²) >= 11 is 0. The molecule has 0 aliphatic heterocycles. The predicted octanol–water partition coefficient (Wildman–Crippen LogP) is 3.75. The van der Waals surface area contributed by atoms with Gasteiger partial charge in [-0.1, -0.05) is 29.8 Å². The van der Waals surface area contributed by atoms with Gasteiger partial charge in [0.15, 0.2) is 5.75 Å². The number of benzene rings is 2. The molecule has 0 spiro atoms. The van der Waals surface area contributed by atoms with E-state index in [1.54, 1.807) is 19.2 Å². The van der Waals surface area contributed by atoms with Gasteiger partial charge in [-0.2, -0.15) is 5.06 Å². The van der Waals surface area contributed by atoms with Crippen molar-refractivity contribution in [3.8, 4) is 5.75 Å². The highest BCUT2D eigenvalue weighted by atomic mass is 19.1. The van der Waals surface area contributed by atoms with E-state index in [0.717, 1.165) is 22.3 Å². The largest absolute Gasteiger partial charge is 0.377 e. The maximum Gasteiger partial charge on any atom is 0.259 e. The van der Waals surface area contributed by atoms with Crippen molar-refractivity contribution in [3.63, 3.8) is 0 Å². The first-order valence-corrected chi connectivity index (χ1v) is 7.13. The molecule has 22 heavy (non-hydrogen) atoms. The van der Waals surface area contributed by atoms with Gasteiger partial charge in [-0.3, -0.25) is 4.79 Å². The molecule has 0 saturated heterocycles. The molecule has 0 aliphatic carbocycles. The van der Waals surface area contributed by atoms with Crippen LogP contribution in [0.5, 0.6) is 5.75 Å². The second kappa shape index (κ2) is 6.60. The lowest BCUT2D eigenvalue weighted by Gasteiger charge is -2.21. The van der Waals surface area contributed by atoms with Gasteiger partial charge in [0, 0.05) is 7.05 Å². The van der Waals surface area contributed by atoms with Crippen LogP contribution in [0.2, 0.25) is 0 Å². The standard InChI is InChI=1S/C18H20FNO2/c1-12-9-13(2)18(14(3)10-12)22-20(4)17(21)11-15-5-7-16(19)8-6-15/h5-10H,11H2,1-4H3. The molecule has 0 unspecified atom stereocenters. The van der Waals surface area contributed by atoms with E-state index in [0.29, 0.717) is 5.75 Å². The van der Waals surface area contributed by atoms with Crippen molar-refractivity contribution in [2.45, 2.75) is 27.2 Å². The number of carbonyl (C=O) groups excluding carboxylic acids is 1. The van der Waals surface area contributed by atoms with Crippen LogP contribution in [-0.2, 0) is 11.2 Å². The number of aryl methyl sites for hydroxylation is 3. The van der Waals surface area contributed by atoms with Gasteiger partial charge in [-0.05, 0) is 49.6 Å². The third-order valence-corrected chi connectivity index (χ3v) is 3.45. The summed E-state index contributed by atoms with van der Waals surface area (Å²) in [5.41, 5.74) is 3.87. The Kier molecular flexibility index (Phi) is 4.81. The van der Waals surface area contributed by atoms with Gasteiger partial charge in [0.25, 0.3) is 5.91 Å². The first kappa shape index (κ1) is 16.0. The molecule has 0 atom stereocenters. The normalized spacial score (nSPS) is 10.4. The molecular weight excluding hydrogens is 281 g/mol. The summed E-state index contributed by atoms with van der Waals surface area (Å²) in [6.45, 7) is 5.93. The summed E-state index contributed by atoms with van der Waals surface area (Å²) in [5, 5.41) is 1.23. The molecule has 0 N–H and O–H groups in total. The van der Waals surface area contributed by atoms with Crippen LogP contribution in [0.3, 0.4) is 0 Å². The van der Waals surface area contributed by atoms with E-state index in [9.17, 15) is 9.18 Å². The van der Waals surface area contributed by atoms with Gasteiger partial charge < -0.3 is 4.84 Å². The fourth-order valence-corrected chi connectivity index (χ4v) is 2.39. The Labute approximate surface area is 130 Å². The molecule has 3 nitrogen and oxygen atoms in total. The number of likely N-dealkylation sites (N-methyl/N-ethyl adjacent to an activating group) is 1. The van der Waals surface area contributed by atoms with Gasteiger partial charge in [0.2, 0.25) is 0 Å². The Hall–Kier alpha value is -2.36.